The Hall–Kier alpha value is -5.60. The predicted molar refractivity (Wildman–Crippen MR) is 181 cm³/mol. The number of ether oxygens (including phenoxy) is 5. The van der Waals surface area contributed by atoms with E-state index < -0.39 is 67.0 Å². The Morgan fingerprint density at radius 1 is 0.769 bits per heavy atom. The maximum Gasteiger partial charge on any atom is 0.338 e. The zero-order chi connectivity index (χ0) is 36.9. The SMILES string of the molecule is CC(=O)NC1C(OCCCCC(=O)ON2CCCC2=O)OC(COC(=O)c2ccccc2)C(OC(=O)c2ccccc2)C1OC(=O)c1ccccc1. The van der Waals surface area contributed by atoms with Crippen LogP contribution in [0.5, 0.6) is 0 Å². The van der Waals surface area contributed by atoms with Gasteiger partial charge in [0, 0.05) is 26.4 Å². The standard InChI is InChI=1S/C38H40N2O12/c1-25(41)39-32-34(51-37(46)28-18-9-4-10-19-28)33(50-36(45)27-16-7-3-8-17-27)29(24-48-35(44)26-14-5-2-6-15-26)49-38(32)47-23-12-11-21-31(43)52-40-22-13-20-30(40)42/h2-10,14-19,29,32-34,38H,11-13,20-24H2,1H3,(H,39,41). The first-order valence-corrected chi connectivity index (χ1v) is 17.0. The average molecular weight is 717 g/mol. The summed E-state index contributed by atoms with van der Waals surface area (Å²) < 4.78 is 29.9. The second-order valence-electron chi connectivity index (χ2n) is 12.1. The van der Waals surface area contributed by atoms with Gasteiger partial charge in [-0.05, 0) is 55.7 Å². The molecule has 14 nitrogen and oxygen atoms in total. The zero-order valence-electron chi connectivity index (χ0n) is 28.6. The van der Waals surface area contributed by atoms with Crippen LogP contribution in [0, 0.1) is 0 Å². The lowest BCUT2D eigenvalue weighted by atomic mass is 9.95. The summed E-state index contributed by atoms with van der Waals surface area (Å²) in [6.45, 7) is 1.17. The van der Waals surface area contributed by atoms with Gasteiger partial charge in [0.15, 0.2) is 18.5 Å². The number of carbonyl (C=O) groups is 6. The van der Waals surface area contributed by atoms with Gasteiger partial charge in [0.25, 0.3) is 5.91 Å². The monoisotopic (exact) mass is 716 g/mol. The molecule has 0 radical (unpaired) electrons. The van der Waals surface area contributed by atoms with Crippen LogP contribution < -0.4 is 5.32 Å². The highest BCUT2D eigenvalue weighted by Gasteiger charge is 2.52. The van der Waals surface area contributed by atoms with E-state index >= 15 is 0 Å². The number of rotatable bonds is 15. The first-order valence-electron chi connectivity index (χ1n) is 17.0. The predicted octanol–water partition coefficient (Wildman–Crippen LogP) is 3.79. The second kappa shape index (κ2) is 18.6. The molecule has 14 heteroatoms. The van der Waals surface area contributed by atoms with Crippen LogP contribution in [0.25, 0.3) is 0 Å². The quantitative estimate of drug-likeness (QED) is 0.137. The second-order valence-corrected chi connectivity index (χ2v) is 12.1. The summed E-state index contributed by atoms with van der Waals surface area (Å²) in [6.07, 6.45) is -3.68. The highest BCUT2D eigenvalue weighted by atomic mass is 16.7. The van der Waals surface area contributed by atoms with Crippen molar-refractivity contribution in [3.8, 4) is 0 Å². The molecule has 2 fully saturated rings. The highest BCUT2D eigenvalue weighted by Crippen LogP contribution is 2.30. The van der Waals surface area contributed by atoms with Crippen molar-refractivity contribution in [2.24, 2.45) is 0 Å². The van der Waals surface area contributed by atoms with Gasteiger partial charge in [0.05, 0.1) is 23.2 Å². The van der Waals surface area contributed by atoms with Crippen LogP contribution >= 0.6 is 0 Å². The van der Waals surface area contributed by atoms with Gasteiger partial charge < -0.3 is 33.8 Å². The molecular weight excluding hydrogens is 676 g/mol. The first-order chi connectivity index (χ1) is 25.2. The summed E-state index contributed by atoms with van der Waals surface area (Å²) in [7, 11) is 0. The van der Waals surface area contributed by atoms with Gasteiger partial charge >= 0.3 is 23.9 Å². The van der Waals surface area contributed by atoms with Gasteiger partial charge in [0.2, 0.25) is 5.91 Å². The van der Waals surface area contributed by atoms with E-state index in [9.17, 15) is 28.8 Å². The number of nitrogens with zero attached hydrogens (tertiary/aromatic N) is 1. The van der Waals surface area contributed by atoms with E-state index in [0.717, 1.165) is 5.06 Å². The van der Waals surface area contributed by atoms with Crippen LogP contribution in [-0.2, 0) is 42.9 Å². The number of amides is 2. The maximum absolute atomic E-state index is 13.5. The Balaban J connectivity index is 1.37. The lowest BCUT2D eigenvalue weighted by molar-refractivity contribution is -0.269. The van der Waals surface area contributed by atoms with Gasteiger partial charge in [-0.15, -0.1) is 0 Å². The van der Waals surface area contributed by atoms with E-state index in [4.69, 9.17) is 28.5 Å². The average Bonchev–Trinajstić information content (AvgIpc) is 3.56. The fourth-order valence-corrected chi connectivity index (χ4v) is 5.66. The molecule has 0 bridgehead atoms. The summed E-state index contributed by atoms with van der Waals surface area (Å²) >= 11 is 0. The molecule has 5 unspecified atom stereocenters. The first kappa shape index (κ1) is 37.7. The normalized spacial score (nSPS) is 21.1. The summed E-state index contributed by atoms with van der Waals surface area (Å²) in [4.78, 5) is 81.7. The molecule has 2 aliphatic heterocycles. The van der Waals surface area contributed by atoms with Crippen LogP contribution in [0.2, 0.25) is 0 Å². The van der Waals surface area contributed by atoms with Crippen molar-refractivity contribution in [1.29, 1.82) is 0 Å². The van der Waals surface area contributed by atoms with Crippen molar-refractivity contribution in [2.45, 2.75) is 69.7 Å². The molecule has 2 amide bonds. The van der Waals surface area contributed by atoms with E-state index in [0.29, 0.717) is 32.2 Å². The lowest BCUT2D eigenvalue weighted by Gasteiger charge is -2.45. The van der Waals surface area contributed by atoms with Gasteiger partial charge in [-0.2, -0.15) is 5.06 Å². The number of esters is 3. The largest absolute Gasteiger partial charge is 0.459 e. The number of hydroxylamine groups is 2. The summed E-state index contributed by atoms with van der Waals surface area (Å²) in [5.41, 5.74) is 0.647. The Kier molecular flexibility index (Phi) is 13.5. The number of unbranched alkanes of at least 4 members (excludes halogenated alkanes) is 1. The number of nitrogens with one attached hydrogen (secondary N) is 1. The van der Waals surface area contributed by atoms with Gasteiger partial charge in [-0.3, -0.25) is 9.59 Å². The Morgan fingerprint density at radius 2 is 1.33 bits per heavy atom. The molecular formula is C38H40N2O12. The highest BCUT2D eigenvalue weighted by molar-refractivity contribution is 5.91. The molecule has 274 valence electrons. The third-order valence-electron chi connectivity index (χ3n) is 8.21. The number of carbonyl (C=O) groups excluding carboxylic acids is 6. The van der Waals surface area contributed by atoms with Crippen molar-refractivity contribution in [2.75, 3.05) is 19.8 Å². The van der Waals surface area contributed by atoms with Crippen molar-refractivity contribution in [3.63, 3.8) is 0 Å². The van der Waals surface area contributed by atoms with Crippen molar-refractivity contribution >= 4 is 35.7 Å². The molecule has 2 heterocycles. The van der Waals surface area contributed by atoms with Gasteiger partial charge in [-0.1, -0.05) is 54.6 Å². The van der Waals surface area contributed by atoms with E-state index in [1.807, 2.05) is 0 Å². The fraction of sp³-hybridized carbons (Fsp3) is 0.368. The van der Waals surface area contributed by atoms with E-state index in [2.05, 4.69) is 5.32 Å². The fourth-order valence-electron chi connectivity index (χ4n) is 5.66. The Morgan fingerprint density at radius 3 is 1.87 bits per heavy atom. The minimum absolute atomic E-state index is 0.0146. The minimum Gasteiger partial charge on any atom is -0.459 e. The van der Waals surface area contributed by atoms with Crippen molar-refractivity contribution < 1.29 is 57.3 Å². The third kappa shape index (κ3) is 10.5. The van der Waals surface area contributed by atoms with Crippen LogP contribution in [0.4, 0.5) is 0 Å². The summed E-state index contributed by atoms with van der Waals surface area (Å²) in [5.74, 6) is -3.57. The maximum atomic E-state index is 13.5. The smallest absolute Gasteiger partial charge is 0.338 e. The molecule has 3 aromatic carbocycles. The Labute approximate surface area is 300 Å². The summed E-state index contributed by atoms with van der Waals surface area (Å²) in [6, 6.07) is 23.2. The summed E-state index contributed by atoms with van der Waals surface area (Å²) in [5, 5.41) is 3.78. The molecule has 0 aliphatic carbocycles. The van der Waals surface area contributed by atoms with E-state index in [-0.39, 0.29) is 35.6 Å². The topological polar surface area (TPSA) is 173 Å². The molecule has 0 spiro atoms. The molecule has 0 aromatic heterocycles. The van der Waals surface area contributed by atoms with E-state index in [1.165, 1.54) is 31.2 Å². The van der Waals surface area contributed by atoms with E-state index in [1.54, 1.807) is 66.7 Å². The Bertz CT molecular complexity index is 1690. The number of hydrogen-bond acceptors (Lipinski definition) is 12. The molecule has 52 heavy (non-hydrogen) atoms. The zero-order valence-corrected chi connectivity index (χ0v) is 28.6. The molecule has 2 aliphatic rings. The molecule has 1 N–H and O–H groups in total. The van der Waals surface area contributed by atoms with Crippen molar-refractivity contribution in [3.05, 3.63) is 108 Å². The molecule has 0 saturated carbocycles. The van der Waals surface area contributed by atoms with Crippen LogP contribution in [0.1, 0.15) is 70.1 Å². The molecule has 5 atom stereocenters. The lowest BCUT2D eigenvalue weighted by Crippen LogP contribution is -2.66. The van der Waals surface area contributed by atoms with Crippen LogP contribution in [0.15, 0.2) is 91.0 Å². The number of hydrogen-bond donors (Lipinski definition) is 1. The molecule has 2 saturated heterocycles. The molecule has 5 rings (SSSR count). The van der Waals surface area contributed by atoms with Crippen molar-refractivity contribution in [1.82, 2.24) is 10.4 Å². The van der Waals surface area contributed by atoms with Gasteiger partial charge in [0.1, 0.15) is 18.8 Å². The number of benzene rings is 3. The minimum atomic E-state index is -1.40. The van der Waals surface area contributed by atoms with Crippen LogP contribution in [-0.4, -0.2) is 91.2 Å². The molecule has 3 aromatic rings. The van der Waals surface area contributed by atoms with Crippen LogP contribution in [0.3, 0.4) is 0 Å². The third-order valence-corrected chi connectivity index (χ3v) is 8.21. The van der Waals surface area contributed by atoms with Gasteiger partial charge in [-0.25, -0.2) is 19.2 Å².